The second kappa shape index (κ2) is 1.33. The zero-order valence-corrected chi connectivity index (χ0v) is 3.55. The van der Waals surface area contributed by atoms with Crippen LogP contribution in [0.2, 0.25) is 0 Å². The minimum Gasteiger partial charge on any atom is -0.307 e. The maximum absolute atomic E-state index is 10.1. The van der Waals surface area contributed by atoms with E-state index in [2.05, 4.69) is 0 Å². The summed E-state index contributed by atoms with van der Waals surface area (Å²) in [4.78, 5) is 20.2. The van der Waals surface area contributed by atoms with Crippen molar-refractivity contribution in [1.82, 2.24) is 0 Å². The molecule has 1 aliphatic heterocycles. The van der Waals surface area contributed by atoms with Gasteiger partial charge < -0.3 is 9.59 Å². The Morgan fingerprint density at radius 1 is 1.14 bits per heavy atom. The zero-order chi connectivity index (χ0) is 5.28. The van der Waals surface area contributed by atoms with Crippen LogP contribution in [0, 0.1) is 0 Å². The maximum atomic E-state index is 10.1. The third-order valence-electron chi connectivity index (χ3n) is 0.696. The van der Waals surface area contributed by atoms with Crippen molar-refractivity contribution in [2.75, 3.05) is 0 Å². The summed E-state index contributed by atoms with van der Waals surface area (Å²) < 4.78 is 0. The summed E-state index contributed by atoms with van der Waals surface area (Å²) in [5, 5.41) is 0. The number of hydrogen-bond acceptors (Lipinski definition) is 2. The Balaban J connectivity index is 2.76. The Labute approximate surface area is 41.4 Å². The van der Waals surface area contributed by atoms with Gasteiger partial charge in [-0.15, -0.1) is 0 Å². The molecule has 0 aliphatic carbocycles. The average molecular weight is 92.9 g/mol. The zero-order valence-electron chi connectivity index (χ0n) is 3.55. The highest BCUT2D eigenvalue weighted by Crippen LogP contribution is 1.86. The number of carbonyl (C=O) groups is 2. The van der Waals surface area contributed by atoms with Gasteiger partial charge in [-0.05, 0) is 12.2 Å². The molecule has 0 fully saturated rings. The maximum Gasteiger partial charge on any atom is 0.302 e. The van der Waals surface area contributed by atoms with Crippen LogP contribution in [-0.4, -0.2) is 18.6 Å². The molecule has 33 valence electrons. The van der Waals surface area contributed by atoms with E-state index >= 15 is 0 Å². The van der Waals surface area contributed by atoms with Crippen molar-refractivity contribution in [2.45, 2.75) is 0 Å². The van der Waals surface area contributed by atoms with Gasteiger partial charge in [-0.25, -0.2) is 0 Å². The topological polar surface area (TPSA) is 34.1 Å². The molecule has 1 aliphatic rings. The molecule has 1 heterocycles. The summed E-state index contributed by atoms with van der Waals surface area (Å²) in [5.74, 6) is 0. The molecule has 0 bridgehead atoms. The molecule has 0 N–H and O–H groups in total. The predicted octanol–water partition coefficient (Wildman–Crippen LogP) is -0.686. The van der Waals surface area contributed by atoms with Gasteiger partial charge in [-0.1, -0.05) is 0 Å². The number of allylic oxidation sites excluding steroid dienone is 2. The summed E-state index contributed by atoms with van der Waals surface area (Å²) in [5.41, 5.74) is -0.407. The molecule has 0 unspecified atom stereocenters. The minimum atomic E-state index is -0.204. The van der Waals surface area contributed by atoms with Crippen molar-refractivity contribution >= 4 is 18.6 Å². The molecule has 3 heteroatoms. The van der Waals surface area contributed by atoms with E-state index in [1.807, 2.05) is 0 Å². The van der Waals surface area contributed by atoms with Gasteiger partial charge in [0.25, 0.3) is 0 Å². The highest BCUT2D eigenvalue weighted by atomic mass is 16.1. The van der Waals surface area contributed by atoms with Crippen molar-refractivity contribution in [3.05, 3.63) is 12.2 Å². The first kappa shape index (κ1) is 4.31. The molecule has 0 aromatic heterocycles. The van der Waals surface area contributed by atoms with E-state index in [9.17, 15) is 9.59 Å². The highest BCUT2D eigenvalue weighted by Gasteiger charge is 2.12. The fourth-order valence-electron chi connectivity index (χ4n) is 0.401. The van der Waals surface area contributed by atoms with E-state index in [4.69, 9.17) is 0 Å². The fourth-order valence-corrected chi connectivity index (χ4v) is 0.401. The molecule has 1 radical (unpaired) electrons. The molecular formula is C4H2BO2. The summed E-state index contributed by atoms with van der Waals surface area (Å²) >= 11 is 0. The lowest BCUT2D eigenvalue weighted by Gasteiger charge is -1.68. The Hall–Kier alpha value is -0.855. The lowest BCUT2D eigenvalue weighted by molar-refractivity contribution is -0.109. The first-order valence-corrected chi connectivity index (χ1v) is 1.90. The molecule has 0 spiro atoms. The van der Waals surface area contributed by atoms with Crippen molar-refractivity contribution in [1.29, 1.82) is 0 Å². The first-order valence-electron chi connectivity index (χ1n) is 1.90. The first-order chi connectivity index (χ1) is 3.29. The second-order valence-electron chi connectivity index (χ2n) is 1.28. The van der Waals surface area contributed by atoms with Crippen LogP contribution in [0.4, 0.5) is 0 Å². The smallest absolute Gasteiger partial charge is 0.302 e. The molecule has 2 nitrogen and oxygen atoms in total. The molecule has 0 amide bonds. The van der Waals surface area contributed by atoms with Gasteiger partial charge in [-0.3, -0.25) is 0 Å². The Morgan fingerprint density at radius 2 is 1.57 bits per heavy atom. The van der Waals surface area contributed by atoms with Crippen molar-refractivity contribution in [3.63, 3.8) is 0 Å². The molecule has 0 aromatic carbocycles. The van der Waals surface area contributed by atoms with Gasteiger partial charge in [-0.2, -0.15) is 0 Å². The quantitative estimate of drug-likeness (QED) is 0.371. The second-order valence-corrected chi connectivity index (χ2v) is 1.28. The molecule has 0 saturated carbocycles. The van der Waals surface area contributed by atoms with Gasteiger partial charge in [0, 0.05) is 0 Å². The van der Waals surface area contributed by atoms with Gasteiger partial charge >= 0.3 is 7.28 Å². The van der Waals surface area contributed by atoms with E-state index < -0.39 is 0 Å². The molecule has 0 atom stereocenters. The van der Waals surface area contributed by atoms with Gasteiger partial charge in [0.1, 0.15) is 11.4 Å². The minimum absolute atomic E-state index is 0.204. The van der Waals surface area contributed by atoms with E-state index in [-0.39, 0.29) is 11.4 Å². The van der Waals surface area contributed by atoms with Crippen molar-refractivity contribution in [2.24, 2.45) is 0 Å². The Morgan fingerprint density at radius 3 is 1.71 bits per heavy atom. The predicted molar refractivity (Wildman–Crippen MR) is 24.9 cm³/mol. The van der Waals surface area contributed by atoms with E-state index in [1.165, 1.54) is 12.2 Å². The summed E-state index contributed by atoms with van der Waals surface area (Å²) in [6.07, 6.45) is 2.50. The largest absolute Gasteiger partial charge is 0.307 e. The lowest BCUT2D eigenvalue weighted by Crippen LogP contribution is -2.07. The van der Waals surface area contributed by atoms with Gasteiger partial charge in [0.2, 0.25) is 0 Å². The number of hydrogen-bond donors (Lipinski definition) is 0. The SMILES string of the molecule is O=C1[B]C(=O)C=C1. The highest BCUT2D eigenvalue weighted by molar-refractivity contribution is 7.02. The van der Waals surface area contributed by atoms with Crippen LogP contribution in [-0.2, 0) is 9.59 Å². The van der Waals surface area contributed by atoms with Gasteiger partial charge in [0.15, 0.2) is 0 Å². The standard InChI is InChI=1S/C4H2BO2/c6-3-1-2-4(7)5-3/h1-2H. The Bertz CT molecular complexity index is 132. The molecule has 0 saturated heterocycles. The molecule has 0 aromatic rings. The number of rotatable bonds is 0. The van der Waals surface area contributed by atoms with Crippen LogP contribution >= 0.6 is 0 Å². The lowest BCUT2D eigenvalue weighted by atomic mass is 9.74. The Kier molecular flexibility index (Phi) is 0.820. The summed E-state index contributed by atoms with van der Waals surface area (Å²) in [6.45, 7) is 0. The average Bonchev–Trinajstić information content (AvgIpc) is 1.87. The van der Waals surface area contributed by atoms with Crippen LogP contribution in [0.1, 0.15) is 0 Å². The van der Waals surface area contributed by atoms with Crippen LogP contribution < -0.4 is 0 Å². The van der Waals surface area contributed by atoms with E-state index in [1.54, 1.807) is 0 Å². The van der Waals surface area contributed by atoms with Crippen LogP contribution in [0.5, 0.6) is 0 Å². The van der Waals surface area contributed by atoms with Crippen molar-refractivity contribution in [3.8, 4) is 0 Å². The van der Waals surface area contributed by atoms with Crippen LogP contribution in [0.15, 0.2) is 12.2 Å². The van der Waals surface area contributed by atoms with Crippen LogP contribution in [0.25, 0.3) is 0 Å². The number of carbonyl (C=O) groups excluding carboxylic acids is 2. The van der Waals surface area contributed by atoms with E-state index in [0.29, 0.717) is 0 Å². The van der Waals surface area contributed by atoms with Gasteiger partial charge in [0.05, 0.1) is 0 Å². The third kappa shape index (κ3) is 0.767. The van der Waals surface area contributed by atoms with Crippen molar-refractivity contribution < 1.29 is 9.59 Å². The molecule has 7 heavy (non-hydrogen) atoms. The monoisotopic (exact) mass is 93.0 g/mol. The normalized spacial score (nSPS) is 17.7. The molecular weight excluding hydrogens is 90.9 g/mol. The van der Waals surface area contributed by atoms with E-state index in [0.717, 1.165) is 7.28 Å². The fraction of sp³-hybridized carbons (Fsp3) is 0. The summed E-state index contributed by atoms with van der Waals surface area (Å²) in [7, 11) is 1.06. The summed E-state index contributed by atoms with van der Waals surface area (Å²) in [6, 6.07) is 0. The third-order valence-corrected chi connectivity index (χ3v) is 0.696. The molecule has 1 rings (SSSR count). The van der Waals surface area contributed by atoms with Crippen LogP contribution in [0.3, 0.4) is 0 Å².